The zero-order valence-electron chi connectivity index (χ0n) is 13.7. The molecule has 0 unspecified atom stereocenters. The maximum absolute atomic E-state index is 12.6. The smallest absolute Gasteiger partial charge is 0.256 e. The summed E-state index contributed by atoms with van der Waals surface area (Å²) in [4.78, 5) is 25.3. The number of carbonyl (C=O) groups is 1. The number of benzene rings is 1. The summed E-state index contributed by atoms with van der Waals surface area (Å²) in [5.41, 5.74) is 1.23. The van der Waals surface area contributed by atoms with E-state index in [4.69, 9.17) is 0 Å². The Morgan fingerprint density at radius 2 is 1.96 bits per heavy atom. The molecule has 0 saturated heterocycles. The van der Waals surface area contributed by atoms with Crippen LogP contribution in [-0.4, -0.2) is 15.7 Å². The van der Waals surface area contributed by atoms with E-state index in [9.17, 15) is 9.59 Å². The molecule has 1 N–H and O–H groups in total. The summed E-state index contributed by atoms with van der Waals surface area (Å²) >= 11 is 1.66. The van der Waals surface area contributed by atoms with E-state index in [1.807, 2.05) is 31.2 Å². The van der Waals surface area contributed by atoms with Gasteiger partial charge in [-0.3, -0.25) is 9.59 Å². The van der Waals surface area contributed by atoms with Crippen LogP contribution in [0.3, 0.4) is 0 Å². The third kappa shape index (κ3) is 4.73. The highest BCUT2D eigenvalue weighted by Gasteiger charge is 2.13. The van der Waals surface area contributed by atoms with Crippen molar-refractivity contribution in [2.75, 3.05) is 5.32 Å². The summed E-state index contributed by atoms with van der Waals surface area (Å²) in [5, 5.41) is 3.28. The molecule has 0 aliphatic carbocycles. The van der Waals surface area contributed by atoms with Crippen LogP contribution < -0.4 is 10.9 Å². The lowest BCUT2D eigenvalue weighted by molar-refractivity contribution is 0.102. The number of pyridine rings is 1. The second-order valence-electron chi connectivity index (χ2n) is 5.57. The number of hydrogen-bond acceptors (Lipinski definition) is 3. The largest absolute Gasteiger partial charge is 0.321 e. The van der Waals surface area contributed by atoms with Gasteiger partial charge in [-0.05, 0) is 24.6 Å². The average molecular weight is 330 g/mol. The minimum Gasteiger partial charge on any atom is -0.321 e. The zero-order chi connectivity index (χ0) is 16.8. The van der Waals surface area contributed by atoms with Crippen molar-refractivity contribution < 1.29 is 4.79 Å². The van der Waals surface area contributed by atoms with E-state index in [0.717, 1.165) is 11.3 Å². The molecule has 2 rings (SSSR count). The van der Waals surface area contributed by atoms with Crippen molar-refractivity contribution in [3.63, 3.8) is 0 Å². The van der Waals surface area contributed by atoms with Crippen LogP contribution in [0.2, 0.25) is 0 Å². The SMILES string of the molecule is CCCn1cc(NC(=O)c2ccccc2SC(C)C)ccc1=O. The summed E-state index contributed by atoms with van der Waals surface area (Å²) in [6.07, 6.45) is 2.56. The fraction of sp³-hybridized carbons (Fsp3) is 0.333. The fourth-order valence-corrected chi connectivity index (χ4v) is 3.18. The predicted octanol–water partition coefficient (Wildman–Crippen LogP) is 4.01. The average Bonchev–Trinajstić information content (AvgIpc) is 2.51. The molecular formula is C18H22N2O2S. The first kappa shape index (κ1) is 17.3. The van der Waals surface area contributed by atoms with Crippen LogP contribution in [-0.2, 0) is 6.54 Å². The maximum atomic E-state index is 12.6. The van der Waals surface area contributed by atoms with Crippen molar-refractivity contribution >= 4 is 23.4 Å². The molecule has 122 valence electrons. The Hall–Kier alpha value is -2.01. The van der Waals surface area contributed by atoms with Gasteiger partial charge in [-0.2, -0.15) is 0 Å². The number of thioether (sulfide) groups is 1. The molecule has 0 aliphatic rings. The summed E-state index contributed by atoms with van der Waals surface area (Å²) in [6.45, 7) is 6.85. The van der Waals surface area contributed by atoms with Gasteiger partial charge in [0.15, 0.2) is 0 Å². The first-order valence-corrected chi connectivity index (χ1v) is 8.66. The Labute approximate surface area is 140 Å². The Morgan fingerprint density at radius 1 is 1.22 bits per heavy atom. The molecule has 5 heteroatoms. The van der Waals surface area contributed by atoms with Gasteiger partial charge in [0, 0.05) is 29.0 Å². The third-order valence-corrected chi connectivity index (χ3v) is 4.28. The van der Waals surface area contributed by atoms with Gasteiger partial charge in [-0.25, -0.2) is 0 Å². The first-order valence-electron chi connectivity index (χ1n) is 7.78. The number of amides is 1. The monoisotopic (exact) mass is 330 g/mol. The van der Waals surface area contributed by atoms with Crippen LogP contribution in [0.15, 0.2) is 52.3 Å². The third-order valence-electron chi connectivity index (χ3n) is 3.20. The van der Waals surface area contributed by atoms with Crippen LogP contribution in [0.1, 0.15) is 37.6 Å². The number of hydrogen-bond donors (Lipinski definition) is 1. The summed E-state index contributed by atoms with van der Waals surface area (Å²) in [6, 6.07) is 10.7. The van der Waals surface area contributed by atoms with E-state index >= 15 is 0 Å². The van der Waals surface area contributed by atoms with Crippen molar-refractivity contribution in [2.24, 2.45) is 0 Å². The van der Waals surface area contributed by atoms with Gasteiger partial charge in [0.05, 0.1) is 11.3 Å². The van der Waals surface area contributed by atoms with Crippen LogP contribution in [0.25, 0.3) is 0 Å². The van der Waals surface area contributed by atoms with E-state index in [0.29, 0.717) is 23.0 Å². The molecule has 1 aromatic carbocycles. The molecule has 0 radical (unpaired) electrons. The Kier molecular flexibility index (Phi) is 6.04. The predicted molar refractivity (Wildman–Crippen MR) is 96.4 cm³/mol. The van der Waals surface area contributed by atoms with E-state index < -0.39 is 0 Å². The van der Waals surface area contributed by atoms with Gasteiger partial charge >= 0.3 is 0 Å². The molecule has 0 aliphatic heterocycles. The molecule has 4 nitrogen and oxygen atoms in total. The molecule has 1 aromatic heterocycles. The molecular weight excluding hydrogens is 308 g/mol. The highest BCUT2D eigenvalue weighted by Crippen LogP contribution is 2.27. The second kappa shape index (κ2) is 8.02. The normalized spacial score (nSPS) is 10.8. The Morgan fingerprint density at radius 3 is 2.65 bits per heavy atom. The number of rotatable bonds is 6. The van der Waals surface area contributed by atoms with Gasteiger partial charge in [-0.1, -0.05) is 32.9 Å². The quantitative estimate of drug-likeness (QED) is 0.814. The number of anilines is 1. The van der Waals surface area contributed by atoms with Gasteiger partial charge in [0.2, 0.25) is 0 Å². The molecule has 23 heavy (non-hydrogen) atoms. The Balaban J connectivity index is 2.23. The lowest BCUT2D eigenvalue weighted by atomic mass is 10.2. The maximum Gasteiger partial charge on any atom is 0.256 e. The van der Waals surface area contributed by atoms with Crippen LogP contribution in [0, 0.1) is 0 Å². The van der Waals surface area contributed by atoms with Gasteiger partial charge in [0.1, 0.15) is 0 Å². The van der Waals surface area contributed by atoms with Crippen molar-refractivity contribution in [1.29, 1.82) is 0 Å². The molecule has 0 fully saturated rings. The molecule has 0 bridgehead atoms. The lowest BCUT2D eigenvalue weighted by Crippen LogP contribution is -2.20. The van der Waals surface area contributed by atoms with E-state index in [-0.39, 0.29) is 11.5 Å². The standard InChI is InChI=1S/C18H22N2O2S/c1-4-11-20-12-14(9-10-17(20)21)19-18(22)15-7-5-6-8-16(15)23-13(2)3/h5-10,12-13H,4,11H2,1-3H3,(H,19,22). The number of aryl methyl sites for hydroxylation is 1. The number of aromatic nitrogens is 1. The van der Waals surface area contributed by atoms with Crippen molar-refractivity contribution in [3.8, 4) is 0 Å². The highest BCUT2D eigenvalue weighted by atomic mass is 32.2. The summed E-state index contributed by atoms with van der Waals surface area (Å²) < 4.78 is 1.62. The first-order chi connectivity index (χ1) is 11.0. The number of nitrogens with one attached hydrogen (secondary N) is 1. The molecule has 0 saturated carbocycles. The summed E-state index contributed by atoms with van der Waals surface area (Å²) in [7, 11) is 0. The van der Waals surface area contributed by atoms with Crippen molar-refractivity contribution in [2.45, 2.75) is 43.9 Å². The minimum absolute atomic E-state index is 0.0550. The topological polar surface area (TPSA) is 51.1 Å². The van der Waals surface area contributed by atoms with E-state index in [1.165, 1.54) is 6.07 Å². The number of nitrogens with zero attached hydrogens (tertiary/aromatic N) is 1. The van der Waals surface area contributed by atoms with Crippen molar-refractivity contribution in [1.82, 2.24) is 4.57 Å². The van der Waals surface area contributed by atoms with Gasteiger partial charge in [0.25, 0.3) is 11.5 Å². The highest BCUT2D eigenvalue weighted by molar-refractivity contribution is 8.00. The van der Waals surface area contributed by atoms with Crippen molar-refractivity contribution in [3.05, 3.63) is 58.5 Å². The molecule has 0 spiro atoms. The molecule has 1 amide bonds. The van der Waals surface area contributed by atoms with Gasteiger partial charge in [-0.15, -0.1) is 11.8 Å². The number of carbonyl (C=O) groups excluding carboxylic acids is 1. The van der Waals surface area contributed by atoms with E-state index in [1.54, 1.807) is 28.6 Å². The van der Waals surface area contributed by atoms with Gasteiger partial charge < -0.3 is 9.88 Å². The fourth-order valence-electron chi connectivity index (χ4n) is 2.23. The lowest BCUT2D eigenvalue weighted by Gasteiger charge is -2.12. The minimum atomic E-state index is -0.157. The van der Waals surface area contributed by atoms with Crippen LogP contribution >= 0.6 is 11.8 Å². The Bertz CT molecular complexity index is 738. The second-order valence-corrected chi connectivity index (χ2v) is 7.18. The van der Waals surface area contributed by atoms with Crippen LogP contribution in [0.4, 0.5) is 5.69 Å². The molecule has 2 aromatic rings. The van der Waals surface area contributed by atoms with E-state index in [2.05, 4.69) is 19.2 Å². The molecule has 0 atom stereocenters. The van der Waals surface area contributed by atoms with Crippen LogP contribution in [0.5, 0.6) is 0 Å². The zero-order valence-corrected chi connectivity index (χ0v) is 14.5. The summed E-state index contributed by atoms with van der Waals surface area (Å²) in [5.74, 6) is -0.157. The molecule has 1 heterocycles.